The molecule has 8 nitrogen and oxygen atoms in total. The molecule has 2 rings (SSSR count). The highest BCUT2D eigenvalue weighted by molar-refractivity contribution is 7.89. The zero-order valence-corrected chi connectivity index (χ0v) is 13.6. The van der Waals surface area contributed by atoms with Crippen LogP contribution >= 0.6 is 11.6 Å². The van der Waals surface area contributed by atoms with E-state index in [1.54, 1.807) is 0 Å². The molecule has 122 valence electrons. The molecule has 0 spiro atoms. The Morgan fingerprint density at radius 2 is 1.91 bits per heavy atom. The molecule has 1 aliphatic heterocycles. The molecular weight excluding hydrogens is 332 g/mol. The van der Waals surface area contributed by atoms with Gasteiger partial charge in [0.25, 0.3) is 5.69 Å². The van der Waals surface area contributed by atoms with Crippen LogP contribution in [0.25, 0.3) is 0 Å². The molecule has 0 amide bonds. The second-order valence-electron chi connectivity index (χ2n) is 5.25. The Morgan fingerprint density at radius 1 is 1.32 bits per heavy atom. The summed E-state index contributed by atoms with van der Waals surface area (Å²) in [7, 11) is -3.92. The van der Waals surface area contributed by atoms with Crippen molar-refractivity contribution >= 4 is 27.3 Å². The van der Waals surface area contributed by atoms with Gasteiger partial charge in [-0.1, -0.05) is 11.6 Å². The van der Waals surface area contributed by atoms with Crippen molar-refractivity contribution in [3.63, 3.8) is 0 Å². The number of nitrogens with one attached hydrogen (secondary N) is 3. The lowest BCUT2D eigenvalue weighted by Crippen LogP contribution is -2.37. The summed E-state index contributed by atoms with van der Waals surface area (Å²) in [4.78, 5) is 9.82. The average Bonchev–Trinajstić information content (AvgIpc) is 2.76. The van der Waals surface area contributed by atoms with Gasteiger partial charge in [-0.05, 0) is 19.9 Å². The molecule has 2 unspecified atom stereocenters. The summed E-state index contributed by atoms with van der Waals surface area (Å²) in [5.41, 5.74) is 5.74. The van der Waals surface area contributed by atoms with E-state index in [4.69, 9.17) is 11.6 Å². The Morgan fingerprint density at radius 3 is 2.45 bits per heavy atom. The van der Waals surface area contributed by atoms with Gasteiger partial charge < -0.3 is 0 Å². The molecule has 1 aliphatic rings. The molecule has 22 heavy (non-hydrogen) atoms. The zero-order chi connectivity index (χ0) is 16.5. The molecule has 1 aromatic rings. The number of benzene rings is 1. The molecule has 0 aromatic heterocycles. The Labute approximate surface area is 133 Å². The van der Waals surface area contributed by atoms with Crippen molar-refractivity contribution < 1.29 is 13.3 Å². The van der Waals surface area contributed by atoms with E-state index in [9.17, 15) is 18.5 Å². The second-order valence-corrected chi connectivity index (χ2v) is 7.40. The monoisotopic (exact) mass is 348 g/mol. The minimum atomic E-state index is -3.92. The third kappa shape index (κ3) is 3.55. The van der Waals surface area contributed by atoms with E-state index in [0.29, 0.717) is 0 Å². The Hall–Kier alpha value is -1.26. The smallest absolute Gasteiger partial charge is 0.258 e. The predicted molar refractivity (Wildman–Crippen MR) is 82.0 cm³/mol. The van der Waals surface area contributed by atoms with Crippen molar-refractivity contribution in [2.45, 2.75) is 30.8 Å². The number of sulfonamides is 1. The molecule has 0 saturated carbocycles. The van der Waals surface area contributed by atoms with E-state index in [1.807, 2.05) is 13.8 Å². The first-order valence-electron chi connectivity index (χ1n) is 6.67. The normalized spacial score (nSPS) is 25.3. The van der Waals surface area contributed by atoms with Gasteiger partial charge in [0.1, 0.15) is 4.90 Å². The molecule has 2 atom stereocenters. The molecule has 1 fully saturated rings. The molecule has 10 heteroatoms. The summed E-state index contributed by atoms with van der Waals surface area (Å²) < 4.78 is 27.1. The summed E-state index contributed by atoms with van der Waals surface area (Å²) in [5.74, 6) is 0.0484. The topological polar surface area (TPSA) is 113 Å². The lowest BCUT2D eigenvalue weighted by Gasteiger charge is -2.18. The number of nitro benzene ring substituents is 1. The summed E-state index contributed by atoms with van der Waals surface area (Å²) in [5, 5.41) is 10.7. The average molecular weight is 349 g/mol. The van der Waals surface area contributed by atoms with Gasteiger partial charge >= 0.3 is 0 Å². The van der Waals surface area contributed by atoms with E-state index in [0.717, 1.165) is 12.1 Å². The molecule has 3 N–H and O–H groups in total. The third-order valence-electron chi connectivity index (χ3n) is 3.75. The molecular formula is C12H17ClN4O4S. The van der Waals surface area contributed by atoms with Gasteiger partial charge in [-0.2, -0.15) is 0 Å². The maximum atomic E-state index is 12.3. The lowest BCUT2D eigenvalue weighted by atomic mass is 9.97. The number of hydrogen-bond acceptors (Lipinski definition) is 6. The van der Waals surface area contributed by atoms with Crippen LogP contribution in [0.1, 0.15) is 13.8 Å². The number of nitro groups is 1. The number of halogens is 1. The summed E-state index contributed by atoms with van der Waals surface area (Å²) in [6, 6.07) is 3.52. The molecule has 0 radical (unpaired) electrons. The number of hydrogen-bond donors (Lipinski definition) is 3. The van der Waals surface area contributed by atoms with Crippen LogP contribution in [0.2, 0.25) is 5.02 Å². The molecule has 0 bridgehead atoms. The van der Waals surface area contributed by atoms with Gasteiger partial charge in [-0.25, -0.2) is 13.1 Å². The summed E-state index contributed by atoms with van der Waals surface area (Å²) >= 11 is 5.87. The van der Waals surface area contributed by atoms with Gasteiger partial charge in [0, 0.05) is 36.7 Å². The highest BCUT2D eigenvalue weighted by Crippen LogP contribution is 2.26. The van der Waals surface area contributed by atoms with Crippen LogP contribution in [0.15, 0.2) is 23.1 Å². The maximum Gasteiger partial charge on any atom is 0.270 e. The van der Waals surface area contributed by atoms with Crippen molar-refractivity contribution in [1.29, 1.82) is 0 Å². The number of rotatable bonds is 5. The molecule has 0 aliphatic carbocycles. The largest absolute Gasteiger partial charge is 0.270 e. The summed E-state index contributed by atoms with van der Waals surface area (Å²) in [6.45, 7) is 4.08. The minimum Gasteiger partial charge on any atom is -0.258 e. The van der Waals surface area contributed by atoms with Crippen LogP contribution in [0.3, 0.4) is 0 Å². The highest BCUT2D eigenvalue weighted by atomic mass is 35.5. The molecule has 1 heterocycles. The fraction of sp³-hybridized carbons (Fsp3) is 0.500. The third-order valence-corrected chi connectivity index (χ3v) is 5.65. The lowest BCUT2D eigenvalue weighted by molar-refractivity contribution is -0.385. The van der Waals surface area contributed by atoms with E-state index >= 15 is 0 Å². The van der Waals surface area contributed by atoms with Crippen LogP contribution in [0.4, 0.5) is 5.69 Å². The van der Waals surface area contributed by atoms with Crippen molar-refractivity contribution in [2.75, 3.05) is 6.54 Å². The van der Waals surface area contributed by atoms with Gasteiger partial charge in [-0.15, -0.1) is 0 Å². The van der Waals surface area contributed by atoms with Crippen molar-refractivity contribution in [3.05, 3.63) is 33.3 Å². The number of non-ortho nitro benzene ring substituents is 1. The first-order chi connectivity index (χ1) is 10.2. The fourth-order valence-electron chi connectivity index (χ4n) is 2.36. The van der Waals surface area contributed by atoms with Crippen LogP contribution in [-0.4, -0.2) is 32.0 Å². The van der Waals surface area contributed by atoms with Crippen molar-refractivity contribution in [3.8, 4) is 0 Å². The quantitative estimate of drug-likeness (QED) is 0.541. The van der Waals surface area contributed by atoms with E-state index in [2.05, 4.69) is 15.6 Å². The van der Waals surface area contributed by atoms with Gasteiger partial charge in [-0.3, -0.25) is 21.0 Å². The first kappa shape index (κ1) is 17.1. The van der Waals surface area contributed by atoms with Crippen LogP contribution in [0.5, 0.6) is 0 Å². The predicted octanol–water partition coefficient (Wildman–Crippen LogP) is 1.03. The SMILES string of the molecule is CC1NNC(C)C1CNS(=O)(=O)c1cc([N+](=O)[O-])ccc1Cl. The number of hydrazine groups is 1. The summed E-state index contributed by atoms with van der Waals surface area (Å²) in [6.07, 6.45) is 0. The second kappa shape index (κ2) is 6.47. The molecule has 1 aromatic carbocycles. The number of nitrogens with zero attached hydrogens (tertiary/aromatic N) is 1. The highest BCUT2D eigenvalue weighted by Gasteiger charge is 2.31. The van der Waals surface area contributed by atoms with Crippen LogP contribution in [-0.2, 0) is 10.0 Å². The van der Waals surface area contributed by atoms with Crippen LogP contribution in [0, 0.1) is 16.0 Å². The van der Waals surface area contributed by atoms with E-state index < -0.39 is 14.9 Å². The Kier molecular flexibility index (Phi) is 5.03. The maximum absolute atomic E-state index is 12.3. The standard InChI is InChI=1S/C12H17ClN4O4S/c1-7-10(8(2)16-15-7)6-14-22(20,21)12-5-9(17(18)19)3-4-11(12)13/h3-5,7-8,10,14-16H,6H2,1-2H3. The Balaban J connectivity index is 2.20. The van der Waals surface area contributed by atoms with Crippen molar-refractivity contribution in [2.24, 2.45) is 5.92 Å². The molecule has 1 saturated heterocycles. The fourth-order valence-corrected chi connectivity index (χ4v) is 3.95. The van der Waals surface area contributed by atoms with Gasteiger partial charge in [0.2, 0.25) is 10.0 Å². The van der Waals surface area contributed by atoms with Crippen molar-refractivity contribution in [1.82, 2.24) is 15.6 Å². The first-order valence-corrected chi connectivity index (χ1v) is 8.53. The zero-order valence-electron chi connectivity index (χ0n) is 12.0. The van der Waals surface area contributed by atoms with Crippen LogP contribution < -0.4 is 15.6 Å². The minimum absolute atomic E-state index is 0.0484. The van der Waals surface area contributed by atoms with E-state index in [-0.39, 0.29) is 40.2 Å². The Bertz CT molecular complexity index is 672. The van der Waals surface area contributed by atoms with Gasteiger partial charge in [0.05, 0.1) is 9.95 Å². The van der Waals surface area contributed by atoms with Gasteiger partial charge in [0.15, 0.2) is 0 Å². The van der Waals surface area contributed by atoms with E-state index in [1.165, 1.54) is 6.07 Å².